The molecule has 0 atom stereocenters. The second-order valence-corrected chi connectivity index (χ2v) is 5.54. The quantitative estimate of drug-likeness (QED) is 0.789. The van der Waals surface area contributed by atoms with Crippen molar-refractivity contribution < 1.29 is 5.11 Å². The highest BCUT2D eigenvalue weighted by Gasteiger charge is 2.15. The highest BCUT2D eigenvalue weighted by Crippen LogP contribution is 2.34. The summed E-state index contributed by atoms with van der Waals surface area (Å²) in [6, 6.07) is 9.95. The smallest absolute Gasteiger partial charge is 0.0536 e. The molecule has 0 aliphatic heterocycles. The molecule has 0 fully saturated rings. The van der Waals surface area contributed by atoms with E-state index in [2.05, 4.69) is 22.5 Å². The molecule has 3 aromatic rings. The van der Waals surface area contributed by atoms with Gasteiger partial charge in [0.2, 0.25) is 0 Å². The summed E-state index contributed by atoms with van der Waals surface area (Å²) < 4.78 is 2.24. The predicted octanol–water partition coefficient (Wildman–Crippen LogP) is 4.05. The number of halogens is 1. The van der Waals surface area contributed by atoms with Gasteiger partial charge in [-0.05, 0) is 49.2 Å². The first-order valence-electron chi connectivity index (χ1n) is 7.02. The van der Waals surface area contributed by atoms with Gasteiger partial charge < -0.3 is 9.67 Å². The maximum Gasteiger partial charge on any atom is 0.0536 e. The van der Waals surface area contributed by atoms with E-state index >= 15 is 0 Å². The second-order valence-electron chi connectivity index (χ2n) is 5.11. The van der Waals surface area contributed by atoms with Gasteiger partial charge in [-0.1, -0.05) is 11.6 Å². The molecule has 1 aromatic carbocycles. The zero-order valence-electron chi connectivity index (χ0n) is 11.9. The Morgan fingerprint density at radius 3 is 2.86 bits per heavy atom. The van der Waals surface area contributed by atoms with Gasteiger partial charge in [0.05, 0.1) is 5.69 Å². The first-order valence-corrected chi connectivity index (χ1v) is 7.40. The molecule has 2 heterocycles. The Labute approximate surface area is 128 Å². The summed E-state index contributed by atoms with van der Waals surface area (Å²) >= 11 is 6.14. The maximum absolute atomic E-state index is 9.17. The Bertz CT molecular complexity index is 765. The van der Waals surface area contributed by atoms with Crippen LogP contribution in [0.3, 0.4) is 0 Å². The third-order valence-corrected chi connectivity index (χ3v) is 3.99. The molecule has 3 rings (SSSR count). The van der Waals surface area contributed by atoms with Crippen LogP contribution in [0, 0.1) is 6.92 Å². The van der Waals surface area contributed by atoms with E-state index in [1.165, 1.54) is 5.56 Å². The van der Waals surface area contributed by atoms with Crippen LogP contribution in [0.2, 0.25) is 5.02 Å². The van der Waals surface area contributed by atoms with Gasteiger partial charge >= 0.3 is 0 Å². The number of nitrogens with zero attached hydrogens (tertiary/aromatic N) is 2. The molecule has 0 aliphatic carbocycles. The van der Waals surface area contributed by atoms with E-state index in [1.54, 1.807) is 6.20 Å². The molecule has 108 valence electrons. The van der Waals surface area contributed by atoms with Crippen molar-refractivity contribution in [1.82, 2.24) is 9.55 Å². The van der Waals surface area contributed by atoms with Crippen molar-refractivity contribution in [2.45, 2.75) is 19.9 Å². The van der Waals surface area contributed by atoms with Crippen LogP contribution in [-0.4, -0.2) is 21.3 Å². The molecule has 0 saturated heterocycles. The van der Waals surface area contributed by atoms with Gasteiger partial charge in [0.1, 0.15) is 0 Å². The van der Waals surface area contributed by atoms with Crippen LogP contribution in [0.15, 0.2) is 42.7 Å². The van der Waals surface area contributed by atoms with Gasteiger partial charge in [0, 0.05) is 47.0 Å². The number of aliphatic hydroxyl groups is 1. The second kappa shape index (κ2) is 5.88. The average molecular weight is 301 g/mol. The highest BCUT2D eigenvalue weighted by atomic mass is 35.5. The van der Waals surface area contributed by atoms with Gasteiger partial charge in [-0.15, -0.1) is 0 Å². The molecule has 2 aromatic heterocycles. The summed E-state index contributed by atoms with van der Waals surface area (Å²) in [5.74, 6) is 0. The van der Waals surface area contributed by atoms with Crippen LogP contribution in [0.4, 0.5) is 0 Å². The summed E-state index contributed by atoms with van der Waals surface area (Å²) in [4.78, 5) is 4.22. The lowest BCUT2D eigenvalue weighted by atomic mass is 10.1. The van der Waals surface area contributed by atoms with E-state index in [-0.39, 0.29) is 6.61 Å². The SMILES string of the molecule is Cc1c(-c2cccnc2)n(CCCO)c2ccc(Cl)cc12. The molecular formula is C17H17ClN2O. The Morgan fingerprint density at radius 1 is 1.29 bits per heavy atom. The number of aliphatic hydroxyl groups excluding tert-OH is 1. The van der Waals surface area contributed by atoms with E-state index < -0.39 is 0 Å². The molecule has 0 radical (unpaired) electrons. The number of hydrogen-bond donors (Lipinski definition) is 1. The maximum atomic E-state index is 9.17. The Kier molecular flexibility index (Phi) is 3.95. The third kappa shape index (κ3) is 2.55. The minimum absolute atomic E-state index is 0.179. The monoisotopic (exact) mass is 300 g/mol. The van der Waals surface area contributed by atoms with Crippen molar-refractivity contribution in [3.05, 3.63) is 53.3 Å². The minimum atomic E-state index is 0.179. The fourth-order valence-electron chi connectivity index (χ4n) is 2.83. The Hall–Kier alpha value is -1.84. The molecule has 3 nitrogen and oxygen atoms in total. The van der Waals surface area contributed by atoms with E-state index in [0.717, 1.165) is 40.1 Å². The standard InChI is InChI=1S/C17H17ClN2O/c1-12-15-10-14(18)5-6-16(15)20(8-3-9-21)17(12)13-4-2-7-19-11-13/h2,4-7,10-11,21H,3,8-9H2,1H3. The van der Waals surface area contributed by atoms with Crippen molar-refractivity contribution in [1.29, 1.82) is 0 Å². The molecule has 0 saturated carbocycles. The topological polar surface area (TPSA) is 38.0 Å². The lowest BCUT2D eigenvalue weighted by molar-refractivity contribution is 0.281. The largest absolute Gasteiger partial charge is 0.396 e. The van der Waals surface area contributed by atoms with Gasteiger partial charge in [-0.2, -0.15) is 0 Å². The highest BCUT2D eigenvalue weighted by molar-refractivity contribution is 6.31. The van der Waals surface area contributed by atoms with Crippen molar-refractivity contribution >= 4 is 22.5 Å². The zero-order chi connectivity index (χ0) is 14.8. The molecule has 0 aliphatic rings. The lowest BCUT2D eigenvalue weighted by Gasteiger charge is -2.11. The normalized spacial score (nSPS) is 11.2. The Balaban J connectivity index is 2.28. The number of hydrogen-bond acceptors (Lipinski definition) is 2. The van der Waals surface area contributed by atoms with Crippen LogP contribution >= 0.6 is 11.6 Å². The van der Waals surface area contributed by atoms with Gasteiger partial charge in [-0.3, -0.25) is 4.98 Å². The first kappa shape index (κ1) is 14.1. The molecule has 0 amide bonds. The number of aromatic nitrogens is 2. The molecule has 0 bridgehead atoms. The Morgan fingerprint density at radius 2 is 2.14 bits per heavy atom. The number of pyridine rings is 1. The van der Waals surface area contributed by atoms with E-state index in [1.807, 2.05) is 30.5 Å². The first-order chi connectivity index (χ1) is 10.2. The predicted molar refractivity (Wildman–Crippen MR) is 86.6 cm³/mol. The molecule has 21 heavy (non-hydrogen) atoms. The molecule has 0 unspecified atom stereocenters. The van der Waals surface area contributed by atoms with E-state index in [0.29, 0.717) is 0 Å². The number of aryl methyl sites for hydroxylation is 2. The zero-order valence-corrected chi connectivity index (χ0v) is 12.6. The van der Waals surface area contributed by atoms with E-state index in [4.69, 9.17) is 16.7 Å². The third-order valence-electron chi connectivity index (χ3n) is 3.75. The van der Waals surface area contributed by atoms with E-state index in [9.17, 15) is 0 Å². The van der Waals surface area contributed by atoms with Gasteiger partial charge in [0.15, 0.2) is 0 Å². The van der Waals surface area contributed by atoms with Crippen LogP contribution < -0.4 is 0 Å². The number of rotatable bonds is 4. The summed E-state index contributed by atoms with van der Waals surface area (Å²) in [6.45, 7) is 3.06. The number of fused-ring (bicyclic) bond motifs is 1. The molecule has 4 heteroatoms. The van der Waals surface area contributed by atoms with Crippen molar-refractivity contribution in [2.75, 3.05) is 6.61 Å². The lowest BCUT2D eigenvalue weighted by Crippen LogP contribution is -2.02. The molecular weight excluding hydrogens is 284 g/mol. The fourth-order valence-corrected chi connectivity index (χ4v) is 3.00. The van der Waals surface area contributed by atoms with Gasteiger partial charge in [-0.25, -0.2) is 0 Å². The summed E-state index contributed by atoms with van der Waals surface area (Å²) in [5, 5.41) is 11.1. The van der Waals surface area contributed by atoms with Crippen LogP contribution in [0.1, 0.15) is 12.0 Å². The van der Waals surface area contributed by atoms with Crippen molar-refractivity contribution in [3.8, 4) is 11.3 Å². The summed E-state index contributed by atoms with van der Waals surface area (Å²) in [6.07, 6.45) is 4.37. The molecule has 0 spiro atoms. The average Bonchev–Trinajstić information content (AvgIpc) is 2.78. The van der Waals surface area contributed by atoms with Crippen LogP contribution in [-0.2, 0) is 6.54 Å². The summed E-state index contributed by atoms with van der Waals surface area (Å²) in [7, 11) is 0. The van der Waals surface area contributed by atoms with Gasteiger partial charge in [0.25, 0.3) is 0 Å². The van der Waals surface area contributed by atoms with Crippen LogP contribution in [0.5, 0.6) is 0 Å². The van der Waals surface area contributed by atoms with Crippen LogP contribution in [0.25, 0.3) is 22.2 Å². The molecule has 1 N–H and O–H groups in total. The minimum Gasteiger partial charge on any atom is -0.396 e. The van der Waals surface area contributed by atoms with Crippen molar-refractivity contribution in [2.24, 2.45) is 0 Å². The summed E-state index contributed by atoms with van der Waals surface area (Å²) in [5.41, 5.74) is 4.57. The fraction of sp³-hybridized carbons (Fsp3) is 0.235. The van der Waals surface area contributed by atoms with Crippen molar-refractivity contribution in [3.63, 3.8) is 0 Å². The number of benzene rings is 1.